The molecule has 0 radical (unpaired) electrons. The number of hydrogen-bond acceptors (Lipinski definition) is 3. The summed E-state index contributed by atoms with van der Waals surface area (Å²) < 4.78 is 44.1. The summed E-state index contributed by atoms with van der Waals surface area (Å²) in [4.78, 5) is 12.1. The number of ether oxygens (including phenoxy) is 1. The summed E-state index contributed by atoms with van der Waals surface area (Å²) in [5.41, 5.74) is 2.81. The summed E-state index contributed by atoms with van der Waals surface area (Å²) in [7, 11) is 0. The lowest BCUT2D eigenvalue weighted by atomic mass is 9.99. The molecule has 2 aromatic rings. The van der Waals surface area contributed by atoms with Gasteiger partial charge in [-0.15, -0.1) is 11.8 Å². The second-order valence-corrected chi connectivity index (χ2v) is 7.35. The van der Waals surface area contributed by atoms with Crippen molar-refractivity contribution in [3.8, 4) is 11.1 Å². The third-order valence-electron chi connectivity index (χ3n) is 3.90. The SMILES string of the molecule is Cc1cc(Cl)ccc1-c1ccccc1NC(=O)C1=C(C(F)(F)F)OCCS1. The van der Waals surface area contributed by atoms with E-state index >= 15 is 0 Å². The van der Waals surface area contributed by atoms with Crippen LogP contribution < -0.4 is 5.32 Å². The van der Waals surface area contributed by atoms with Gasteiger partial charge in [-0.3, -0.25) is 4.79 Å². The van der Waals surface area contributed by atoms with Gasteiger partial charge in [-0.05, 0) is 36.2 Å². The van der Waals surface area contributed by atoms with E-state index in [1.165, 1.54) is 0 Å². The molecule has 2 aromatic carbocycles. The highest BCUT2D eigenvalue weighted by molar-refractivity contribution is 8.04. The number of aryl methyl sites for hydroxylation is 1. The Bertz CT molecular complexity index is 912. The first-order valence-corrected chi connectivity index (χ1v) is 9.37. The van der Waals surface area contributed by atoms with Gasteiger partial charge < -0.3 is 10.1 Å². The molecule has 1 heterocycles. The smallest absolute Gasteiger partial charge is 0.450 e. The van der Waals surface area contributed by atoms with Crippen molar-refractivity contribution in [2.75, 3.05) is 17.7 Å². The first-order chi connectivity index (χ1) is 12.8. The van der Waals surface area contributed by atoms with E-state index < -0.39 is 22.7 Å². The van der Waals surface area contributed by atoms with Crippen molar-refractivity contribution >= 4 is 35.0 Å². The van der Waals surface area contributed by atoms with E-state index in [2.05, 4.69) is 5.32 Å². The molecule has 1 amide bonds. The van der Waals surface area contributed by atoms with E-state index in [0.717, 1.165) is 22.9 Å². The molecule has 0 saturated carbocycles. The molecule has 1 aliphatic rings. The normalized spacial score (nSPS) is 14.7. The Kier molecular flexibility index (Phi) is 5.72. The second-order valence-electron chi connectivity index (χ2n) is 5.81. The topological polar surface area (TPSA) is 38.3 Å². The van der Waals surface area contributed by atoms with E-state index in [4.69, 9.17) is 16.3 Å². The zero-order valence-corrected chi connectivity index (χ0v) is 15.8. The number of alkyl halides is 3. The van der Waals surface area contributed by atoms with Gasteiger partial charge in [0.25, 0.3) is 5.91 Å². The van der Waals surface area contributed by atoms with Crippen LogP contribution in [0.2, 0.25) is 5.02 Å². The molecule has 27 heavy (non-hydrogen) atoms. The van der Waals surface area contributed by atoms with Crippen LogP contribution >= 0.6 is 23.4 Å². The number of para-hydroxylation sites is 1. The van der Waals surface area contributed by atoms with Gasteiger partial charge in [0.15, 0.2) is 0 Å². The number of rotatable bonds is 3. The molecule has 0 atom stereocenters. The van der Waals surface area contributed by atoms with Crippen LogP contribution in [-0.4, -0.2) is 24.4 Å². The van der Waals surface area contributed by atoms with Crippen LogP contribution in [0, 0.1) is 6.92 Å². The largest absolute Gasteiger partial charge is 0.487 e. The number of carbonyl (C=O) groups is 1. The molecule has 0 saturated heterocycles. The Balaban J connectivity index is 1.97. The van der Waals surface area contributed by atoms with Crippen molar-refractivity contribution < 1.29 is 22.7 Å². The van der Waals surface area contributed by atoms with Gasteiger partial charge in [0.05, 0.1) is 6.61 Å². The maximum atomic E-state index is 13.1. The average molecular weight is 414 g/mol. The predicted octanol–water partition coefficient (Wildman–Crippen LogP) is 5.79. The monoisotopic (exact) mass is 413 g/mol. The number of benzene rings is 2. The first kappa shape index (κ1) is 19.6. The van der Waals surface area contributed by atoms with Gasteiger partial charge in [0.2, 0.25) is 5.76 Å². The third kappa shape index (κ3) is 4.42. The minimum atomic E-state index is -4.72. The Labute approximate surface area is 163 Å². The molecule has 0 aromatic heterocycles. The summed E-state index contributed by atoms with van der Waals surface area (Å²) in [5, 5.41) is 3.17. The van der Waals surface area contributed by atoms with Crippen LogP contribution in [-0.2, 0) is 9.53 Å². The van der Waals surface area contributed by atoms with Crippen LogP contribution in [0.1, 0.15) is 5.56 Å². The molecule has 8 heteroatoms. The minimum absolute atomic E-state index is 0.0865. The molecule has 0 unspecified atom stereocenters. The van der Waals surface area contributed by atoms with Crippen LogP contribution in [0.4, 0.5) is 18.9 Å². The highest BCUT2D eigenvalue weighted by atomic mass is 35.5. The van der Waals surface area contributed by atoms with Crippen molar-refractivity contribution in [1.29, 1.82) is 0 Å². The van der Waals surface area contributed by atoms with Gasteiger partial charge in [0.1, 0.15) is 4.91 Å². The van der Waals surface area contributed by atoms with Crippen molar-refractivity contribution in [3.63, 3.8) is 0 Å². The number of allylic oxidation sites excluding steroid dienone is 1. The van der Waals surface area contributed by atoms with E-state index in [-0.39, 0.29) is 12.4 Å². The maximum Gasteiger partial charge on any atom is 0.450 e. The lowest BCUT2D eigenvalue weighted by Gasteiger charge is -2.22. The van der Waals surface area contributed by atoms with E-state index in [9.17, 15) is 18.0 Å². The fraction of sp³-hybridized carbons (Fsp3) is 0.211. The van der Waals surface area contributed by atoms with Crippen molar-refractivity contribution in [3.05, 3.63) is 63.7 Å². The van der Waals surface area contributed by atoms with Gasteiger partial charge in [0, 0.05) is 22.0 Å². The summed E-state index contributed by atoms with van der Waals surface area (Å²) >= 11 is 6.83. The first-order valence-electron chi connectivity index (χ1n) is 8.01. The molecular weight excluding hydrogens is 399 g/mol. The molecule has 0 aliphatic carbocycles. The molecule has 142 valence electrons. The van der Waals surface area contributed by atoms with Crippen LogP contribution in [0.15, 0.2) is 53.1 Å². The van der Waals surface area contributed by atoms with Gasteiger partial charge >= 0.3 is 6.18 Å². The second kappa shape index (κ2) is 7.86. The fourth-order valence-electron chi connectivity index (χ4n) is 2.73. The van der Waals surface area contributed by atoms with E-state index in [0.29, 0.717) is 16.3 Å². The van der Waals surface area contributed by atoms with Crippen molar-refractivity contribution in [2.45, 2.75) is 13.1 Å². The molecular formula is C19H15ClF3NO2S. The highest BCUT2D eigenvalue weighted by Crippen LogP contribution is 2.38. The molecule has 3 nitrogen and oxygen atoms in total. The Morgan fingerprint density at radius 3 is 2.63 bits per heavy atom. The maximum absolute atomic E-state index is 13.1. The Morgan fingerprint density at radius 1 is 1.19 bits per heavy atom. The van der Waals surface area contributed by atoms with Crippen LogP contribution in [0.3, 0.4) is 0 Å². The number of halogens is 4. The number of anilines is 1. The lowest BCUT2D eigenvalue weighted by molar-refractivity contribution is -0.133. The van der Waals surface area contributed by atoms with E-state index in [1.807, 2.05) is 13.0 Å². The van der Waals surface area contributed by atoms with Crippen molar-refractivity contribution in [2.24, 2.45) is 0 Å². The third-order valence-corrected chi connectivity index (χ3v) is 5.17. The highest BCUT2D eigenvalue weighted by Gasteiger charge is 2.42. The number of carbonyl (C=O) groups excluding carboxylic acids is 1. The summed E-state index contributed by atoms with van der Waals surface area (Å²) in [5.74, 6) is -1.80. The summed E-state index contributed by atoms with van der Waals surface area (Å²) in [6.07, 6.45) is -4.72. The van der Waals surface area contributed by atoms with Gasteiger partial charge in [-0.2, -0.15) is 13.2 Å². The number of nitrogens with one attached hydrogen (secondary N) is 1. The lowest BCUT2D eigenvalue weighted by Crippen LogP contribution is -2.26. The average Bonchev–Trinajstić information content (AvgIpc) is 2.62. The van der Waals surface area contributed by atoms with E-state index in [1.54, 1.807) is 36.4 Å². The van der Waals surface area contributed by atoms with Crippen molar-refractivity contribution in [1.82, 2.24) is 0 Å². The molecule has 0 spiro atoms. The predicted molar refractivity (Wildman–Crippen MR) is 102 cm³/mol. The summed E-state index contributed by atoms with van der Waals surface area (Å²) in [6, 6.07) is 12.2. The number of thioether (sulfide) groups is 1. The molecule has 1 aliphatic heterocycles. The molecule has 0 fully saturated rings. The zero-order valence-electron chi connectivity index (χ0n) is 14.2. The fourth-order valence-corrected chi connectivity index (χ4v) is 3.82. The van der Waals surface area contributed by atoms with Gasteiger partial charge in [-0.25, -0.2) is 0 Å². The van der Waals surface area contributed by atoms with Crippen LogP contribution in [0.25, 0.3) is 11.1 Å². The molecule has 1 N–H and O–H groups in total. The van der Waals surface area contributed by atoms with Gasteiger partial charge in [-0.1, -0.05) is 35.9 Å². The number of amides is 1. The Hall–Kier alpha value is -2.12. The van der Waals surface area contributed by atoms with Crippen LogP contribution in [0.5, 0.6) is 0 Å². The molecule has 0 bridgehead atoms. The number of hydrogen-bond donors (Lipinski definition) is 1. The molecule has 3 rings (SSSR count). The zero-order chi connectivity index (χ0) is 19.6. The minimum Gasteiger partial charge on any atom is -0.487 e. The Morgan fingerprint density at radius 2 is 1.93 bits per heavy atom. The summed E-state index contributed by atoms with van der Waals surface area (Å²) in [6.45, 7) is 1.78. The quantitative estimate of drug-likeness (QED) is 0.692. The standard InChI is InChI=1S/C19H15ClF3NO2S/c1-11-10-12(20)6-7-13(11)14-4-2-3-5-15(14)24-18(25)16-17(19(21,22)23)26-8-9-27-16/h2-7,10H,8-9H2,1H3,(H,24,25).